The van der Waals surface area contributed by atoms with Crippen molar-refractivity contribution in [1.29, 1.82) is 0 Å². The molecule has 1 atom stereocenters. The maximum atomic E-state index is 13.1. The molecule has 11 heteroatoms. The number of carboxylic acids is 1. The fraction of sp³-hybridized carbons (Fsp3) is 0.774. The van der Waals surface area contributed by atoms with Crippen molar-refractivity contribution in [3.63, 3.8) is 0 Å². The third-order valence-corrected chi connectivity index (χ3v) is 9.94. The molecule has 0 aliphatic heterocycles. The van der Waals surface area contributed by atoms with E-state index in [4.69, 9.17) is 27.9 Å². The Bertz CT molecular complexity index is 890. The average Bonchev–Trinajstić information content (AvgIpc) is 3.33. The largest absolute Gasteiger partial charge is 0.550 e. The second kappa shape index (κ2) is 21.3. The summed E-state index contributed by atoms with van der Waals surface area (Å²) < 4.78 is 5.33. The zero-order chi connectivity index (χ0) is 30.7. The molecule has 42 heavy (non-hydrogen) atoms. The molecule has 2 aliphatic carbocycles. The van der Waals surface area contributed by atoms with E-state index in [2.05, 4.69) is 17.6 Å². The summed E-state index contributed by atoms with van der Waals surface area (Å²) in [5.41, 5.74) is 0. The van der Waals surface area contributed by atoms with Crippen LogP contribution < -0.4 is 15.7 Å². The Balaban J connectivity index is 0.000000389. The average molecular weight is 649 g/mol. The lowest BCUT2D eigenvalue weighted by Crippen LogP contribution is -2.95. The van der Waals surface area contributed by atoms with Gasteiger partial charge in [0.2, 0.25) is 5.91 Å². The topological polar surface area (TPSA) is 115 Å². The summed E-state index contributed by atoms with van der Waals surface area (Å²) in [6.45, 7) is 3.56. The highest BCUT2D eigenvalue weighted by Gasteiger charge is 2.27. The van der Waals surface area contributed by atoms with Crippen molar-refractivity contribution < 1.29 is 29.5 Å². The van der Waals surface area contributed by atoms with Gasteiger partial charge in [-0.15, -0.1) is 11.3 Å². The molecule has 0 radical (unpaired) electrons. The summed E-state index contributed by atoms with van der Waals surface area (Å²) in [6, 6.07) is 2.43. The van der Waals surface area contributed by atoms with Crippen LogP contribution in [0.4, 0.5) is 0 Å². The molecule has 0 saturated heterocycles. The van der Waals surface area contributed by atoms with E-state index in [1.165, 1.54) is 70.3 Å². The number of thiophene rings is 1. The van der Waals surface area contributed by atoms with Gasteiger partial charge in [0.1, 0.15) is 10.4 Å². The molecular weight excluding hydrogens is 597 g/mol. The number of nitrogens with zero attached hydrogens (tertiary/aromatic N) is 1. The molecule has 1 aromatic rings. The number of carboxylic acid groups (broad SMARTS) is 1. The maximum Gasteiger partial charge on any atom is 0.262 e. The van der Waals surface area contributed by atoms with Crippen LogP contribution in [0.3, 0.4) is 0 Å². The molecule has 2 aliphatic rings. The number of ether oxygens (including phenoxy) is 1. The summed E-state index contributed by atoms with van der Waals surface area (Å²) in [7, 11) is 1.59. The van der Waals surface area contributed by atoms with Crippen molar-refractivity contribution in [3.8, 4) is 0 Å². The van der Waals surface area contributed by atoms with Crippen molar-refractivity contribution in [3.05, 3.63) is 20.3 Å². The number of nitrogens with two attached hydrogens (primary N) is 1. The Labute approximate surface area is 266 Å². The molecular formula is C31H51Cl2N3O5S. The normalized spacial score (nSPS) is 16.8. The highest BCUT2D eigenvalue weighted by Crippen LogP contribution is 2.31. The van der Waals surface area contributed by atoms with E-state index in [1.54, 1.807) is 12.0 Å². The number of amides is 2. The van der Waals surface area contributed by atoms with Crippen LogP contribution in [0.2, 0.25) is 9.36 Å². The Hall–Kier alpha value is -1.39. The first-order chi connectivity index (χ1) is 20.2. The molecule has 2 saturated carbocycles. The third kappa shape index (κ3) is 14.4. The quantitative estimate of drug-likeness (QED) is 0.246. The van der Waals surface area contributed by atoms with E-state index in [9.17, 15) is 19.5 Å². The Kier molecular flexibility index (Phi) is 18.7. The fourth-order valence-electron chi connectivity index (χ4n) is 5.75. The van der Waals surface area contributed by atoms with Crippen LogP contribution in [-0.4, -0.2) is 67.6 Å². The van der Waals surface area contributed by atoms with Crippen LogP contribution in [0.15, 0.2) is 6.07 Å². The SMILES string of the molecule is C1CCC([NH2+]C2CCCCC2)CC1.CCCCCN(CCCOC)C(=O)[C@@H](CCC(=O)[O-])NC(=O)c1cc(Cl)c(Cl)s1. The van der Waals surface area contributed by atoms with E-state index in [-0.39, 0.29) is 33.0 Å². The van der Waals surface area contributed by atoms with Gasteiger partial charge in [0.05, 0.1) is 22.0 Å². The van der Waals surface area contributed by atoms with E-state index in [0.29, 0.717) is 26.1 Å². The minimum atomic E-state index is -1.28. The number of carbonyl (C=O) groups is 3. The molecule has 0 aromatic carbocycles. The van der Waals surface area contributed by atoms with Gasteiger partial charge in [0, 0.05) is 32.8 Å². The molecule has 0 bridgehead atoms. The second-order valence-corrected chi connectivity index (χ2v) is 13.6. The Morgan fingerprint density at radius 1 is 1.02 bits per heavy atom. The van der Waals surface area contributed by atoms with E-state index < -0.39 is 17.9 Å². The highest BCUT2D eigenvalue weighted by atomic mass is 35.5. The summed E-state index contributed by atoms with van der Waals surface area (Å²) in [6.07, 6.45) is 18.0. The molecule has 8 nitrogen and oxygen atoms in total. The van der Waals surface area contributed by atoms with Crippen molar-refractivity contribution in [1.82, 2.24) is 10.2 Å². The minimum absolute atomic E-state index is 0.0612. The van der Waals surface area contributed by atoms with Crippen molar-refractivity contribution in [2.24, 2.45) is 0 Å². The highest BCUT2D eigenvalue weighted by molar-refractivity contribution is 7.18. The van der Waals surface area contributed by atoms with Gasteiger partial charge in [-0.2, -0.15) is 0 Å². The number of carbonyl (C=O) groups excluding carboxylic acids is 3. The van der Waals surface area contributed by atoms with Gasteiger partial charge in [-0.25, -0.2) is 0 Å². The van der Waals surface area contributed by atoms with Crippen molar-refractivity contribution in [2.75, 3.05) is 26.8 Å². The molecule has 0 spiro atoms. The van der Waals surface area contributed by atoms with Crippen LogP contribution in [0.1, 0.15) is 119 Å². The number of quaternary nitrogens is 1. The lowest BCUT2D eigenvalue weighted by atomic mass is 9.91. The number of aliphatic carboxylic acids is 1. The van der Waals surface area contributed by atoms with Crippen LogP contribution >= 0.6 is 34.5 Å². The van der Waals surface area contributed by atoms with E-state index in [1.807, 2.05) is 0 Å². The number of nitrogens with one attached hydrogen (secondary N) is 1. The molecule has 3 N–H and O–H groups in total. The number of hydrogen-bond donors (Lipinski definition) is 2. The third-order valence-electron chi connectivity index (χ3n) is 8.07. The van der Waals surface area contributed by atoms with Crippen molar-refractivity contribution >= 4 is 52.3 Å². The summed E-state index contributed by atoms with van der Waals surface area (Å²) >= 11 is 12.8. The van der Waals surface area contributed by atoms with Gasteiger partial charge in [-0.1, -0.05) is 55.8 Å². The minimum Gasteiger partial charge on any atom is -0.550 e. The van der Waals surface area contributed by atoms with Crippen LogP contribution in [-0.2, 0) is 14.3 Å². The number of unbranched alkanes of at least 4 members (excludes halogenated alkanes) is 2. The van der Waals surface area contributed by atoms with Crippen LogP contribution in [0.5, 0.6) is 0 Å². The number of methoxy groups -OCH3 is 1. The summed E-state index contributed by atoms with van der Waals surface area (Å²) in [5.74, 6) is -2.12. The maximum absolute atomic E-state index is 13.1. The molecule has 2 amide bonds. The molecule has 3 rings (SSSR count). The van der Waals surface area contributed by atoms with Gasteiger partial charge in [0.25, 0.3) is 5.91 Å². The molecule has 1 aromatic heterocycles. The first kappa shape index (κ1) is 36.8. The predicted octanol–water partition coefficient (Wildman–Crippen LogP) is 4.95. The van der Waals surface area contributed by atoms with Gasteiger partial charge in [-0.05, 0) is 83.1 Å². The molecule has 0 unspecified atom stereocenters. The second-order valence-electron chi connectivity index (χ2n) is 11.5. The van der Waals surface area contributed by atoms with Crippen molar-refractivity contribution in [2.45, 2.75) is 128 Å². The van der Waals surface area contributed by atoms with Gasteiger partial charge >= 0.3 is 0 Å². The smallest absolute Gasteiger partial charge is 0.262 e. The van der Waals surface area contributed by atoms with E-state index in [0.717, 1.165) is 42.7 Å². The standard InChI is InChI=1S/C19H28Cl2N2O5S.C12H23N/c1-3-4-5-9-23(10-6-11-28-2)19(27)14(7-8-16(24)25)22-18(26)15-12-13(20)17(21)29-15;1-3-7-11(8-4-1)13-12-9-5-2-6-10-12/h12,14H,3-11H2,1-2H3,(H,22,26)(H,24,25);11-13H,1-10H2/t14-;/m1./s1. The molecule has 2 fully saturated rings. The lowest BCUT2D eigenvalue weighted by molar-refractivity contribution is -0.725. The van der Waals surface area contributed by atoms with Gasteiger partial charge < -0.3 is 30.2 Å². The molecule has 240 valence electrons. The van der Waals surface area contributed by atoms with Crippen LogP contribution in [0.25, 0.3) is 0 Å². The summed E-state index contributed by atoms with van der Waals surface area (Å²) in [4.78, 5) is 38.5. The zero-order valence-corrected chi connectivity index (χ0v) is 27.8. The number of hydrogen-bond acceptors (Lipinski definition) is 6. The number of rotatable bonds is 16. The zero-order valence-electron chi connectivity index (χ0n) is 25.5. The number of halogens is 2. The van der Waals surface area contributed by atoms with Gasteiger partial charge in [-0.3, -0.25) is 9.59 Å². The first-order valence-electron chi connectivity index (χ1n) is 15.8. The summed E-state index contributed by atoms with van der Waals surface area (Å²) in [5, 5.41) is 16.5. The monoisotopic (exact) mass is 647 g/mol. The fourth-order valence-corrected chi connectivity index (χ4v) is 7.02. The lowest BCUT2D eigenvalue weighted by Gasteiger charge is -2.28. The van der Waals surface area contributed by atoms with E-state index >= 15 is 0 Å². The van der Waals surface area contributed by atoms with Gasteiger partial charge in [0.15, 0.2) is 0 Å². The molecule has 1 heterocycles. The predicted molar refractivity (Wildman–Crippen MR) is 168 cm³/mol. The Morgan fingerprint density at radius 3 is 2.12 bits per heavy atom. The van der Waals surface area contributed by atoms with Crippen LogP contribution in [0, 0.1) is 0 Å². The first-order valence-corrected chi connectivity index (χ1v) is 17.4. The Morgan fingerprint density at radius 2 is 1.62 bits per heavy atom.